The lowest BCUT2D eigenvalue weighted by Crippen LogP contribution is -2.42. The van der Waals surface area contributed by atoms with E-state index >= 15 is 0 Å². The minimum absolute atomic E-state index is 0.0243. The fourth-order valence-corrected chi connectivity index (χ4v) is 7.41. The number of sulfonamides is 1. The van der Waals surface area contributed by atoms with Gasteiger partial charge in [0.05, 0.1) is 29.9 Å². The molecular formula is C35H43ClN4O7S. The molecule has 2 N–H and O–H groups in total. The van der Waals surface area contributed by atoms with Gasteiger partial charge in [0, 0.05) is 34.3 Å². The highest BCUT2D eigenvalue weighted by Crippen LogP contribution is 2.51. The average Bonchev–Trinajstić information content (AvgIpc) is 3.23. The first-order chi connectivity index (χ1) is 22.4. The fraction of sp³-hybridized carbons (Fsp3) is 0.400. The van der Waals surface area contributed by atoms with Crippen molar-refractivity contribution < 1.29 is 32.3 Å². The highest BCUT2D eigenvalue weighted by Gasteiger charge is 2.54. The van der Waals surface area contributed by atoms with Gasteiger partial charge in [-0.3, -0.25) is 14.4 Å². The SMILES string of the molecule is CCOc1ccc2c(c1)C(C)(c1cc(NC(=O)CCCN(C)C)ccc1Cl)C(=O)N2S(=O)(=O)c1ccc(C(=O)NC(C)(C)C)c(OC)c1. The van der Waals surface area contributed by atoms with Gasteiger partial charge in [-0.25, -0.2) is 12.7 Å². The number of nitrogens with one attached hydrogen (secondary N) is 2. The number of hydrogen-bond donors (Lipinski definition) is 2. The quantitative estimate of drug-likeness (QED) is 0.250. The van der Waals surface area contributed by atoms with Crippen molar-refractivity contribution in [3.63, 3.8) is 0 Å². The number of carbonyl (C=O) groups is 3. The van der Waals surface area contributed by atoms with Crippen LogP contribution in [0.4, 0.5) is 11.4 Å². The van der Waals surface area contributed by atoms with E-state index in [1.54, 1.807) is 37.3 Å². The Bertz CT molecular complexity index is 1840. The summed E-state index contributed by atoms with van der Waals surface area (Å²) in [4.78, 5) is 42.0. The van der Waals surface area contributed by atoms with E-state index in [2.05, 4.69) is 10.6 Å². The van der Waals surface area contributed by atoms with Crippen LogP contribution in [0.5, 0.6) is 11.5 Å². The van der Waals surface area contributed by atoms with Gasteiger partial charge >= 0.3 is 0 Å². The molecule has 0 aliphatic carbocycles. The van der Waals surface area contributed by atoms with Crippen molar-refractivity contribution in [2.75, 3.05) is 44.0 Å². The number of nitrogens with zero attached hydrogens (tertiary/aromatic N) is 2. The van der Waals surface area contributed by atoms with E-state index < -0.39 is 32.8 Å². The van der Waals surface area contributed by atoms with Gasteiger partial charge in [-0.1, -0.05) is 11.6 Å². The van der Waals surface area contributed by atoms with E-state index in [-0.39, 0.29) is 32.8 Å². The lowest BCUT2D eigenvalue weighted by atomic mass is 9.77. The molecule has 1 heterocycles. The zero-order chi connectivity index (χ0) is 35.6. The number of anilines is 2. The van der Waals surface area contributed by atoms with Crippen molar-refractivity contribution in [1.29, 1.82) is 0 Å². The normalized spacial score (nSPS) is 16.1. The topological polar surface area (TPSA) is 134 Å². The van der Waals surface area contributed by atoms with Crippen LogP contribution in [-0.2, 0) is 25.0 Å². The highest BCUT2D eigenvalue weighted by molar-refractivity contribution is 7.93. The van der Waals surface area contributed by atoms with Gasteiger partial charge in [0.15, 0.2) is 0 Å². The molecule has 0 fully saturated rings. The number of benzene rings is 3. The smallest absolute Gasteiger partial charge is 0.271 e. The maximum Gasteiger partial charge on any atom is 0.271 e. The summed E-state index contributed by atoms with van der Waals surface area (Å²) in [7, 11) is 0.630. The van der Waals surface area contributed by atoms with Gasteiger partial charge in [-0.05, 0) is 116 Å². The number of methoxy groups -OCH3 is 1. The largest absolute Gasteiger partial charge is 0.496 e. The molecule has 0 saturated heterocycles. The van der Waals surface area contributed by atoms with Gasteiger partial charge < -0.3 is 25.0 Å². The number of halogens is 1. The third kappa shape index (κ3) is 7.45. The van der Waals surface area contributed by atoms with Crippen molar-refractivity contribution in [3.8, 4) is 11.5 Å². The molecule has 0 aromatic heterocycles. The van der Waals surface area contributed by atoms with E-state index in [4.69, 9.17) is 21.1 Å². The lowest BCUT2D eigenvalue weighted by molar-refractivity contribution is -0.120. The van der Waals surface area contributed by atoms with E-state index in [0.29, 0.717) is 42.0 Å². The highest BCUT2D eigenvalue weighted by atomic mass is 35.5. The van der Waals surface area contributed by atoms with Crippen LogP contribution in [0.1, 0.15) is 68.9 Å². The van der Waals surface area contributed by atoms with E-state index in [1.807, 2.05) is 46.7 Å². The summed E-state index contributed by atoms with van der Waals surface area (Å²) in [5, 5.41) is 5.92. The maximum absolute atomic E-state index is 14.6. The van der Waals surface area contributed by atoms with Crippen LogP contribution in [0.15, 0.2) is 59.5 Å². The molecule has 13 heteroatoms. The van der Waals surface area contributed by atoms with E-state index in [9.17, 15) is 22.8 Å². The molecular weight excluding hydrogens is 656 g/mol. The van der Waals surface area contributed by atoms with Crippen molar-refractivity contribution in [1.82, 2.24) is 10.2 Å². The van der Waals surface area contributed by atoms with Gasteiger partial charge in [-0.15, -0.1) is 0 Å². The molecule has 11 nitrogen and oxygen atoms in total. The predicted molar refractivity (Wildman–Crippen MR) is 187 cm³/mol. The Kier molecular flexibility index (Phi) is 10.8. The van der Waals surface area contributed by atoms with Crippen LogP contribution < -0.4 is 24.4 Å². The predicted octanol–water partition coefficient (Wildman–Crippen LogP) is 5.60. The fourth-order valence-electron chi connectivity index (χ4n) is 5.57. The minimum atomic E-state index is -4.56. The number of hydrogen-bond acceptors (Lipinski definition) is 8. The van der Waals surface area contributed by atoms with Crippen molar-refractivity contribution in [2.45, 2.75) is 63.3 Å². The third-order valence-corrected chi connectivity index (χ3v) is 9.91. The Morgan fingerprint density at radius 2 is 1.73 bits per heavy atom. The minimum Gasteiger partial charge on any atom is -0.496 e. The summed E-state index contributed by atoms with van der Waals surface area (Å²) in [5.41, 5.74) is -0.820. The van der Waals surface area contributed by atoms with E-state index in [1.165, 1.54) is 31.4 Å². The summed E-state index contributed by atoms with van der Waals surface area (Å²) in [6.45, 7) is 9.97. The number of fused-ring (bicyclic) bond motifs is 1. The molecule has 0 bridgehead atoms. The first kappa shape index (κ1) is 36.7. The van der Waals surface area contributed by atoms with Crippen LogP contribution in [0.3, 0.4) is 0 Å². The number of rotatable bonds is 12. The maximum atomic E-state index is 14.6. The second kappa shape index (κ2) is 14.2. The summed E-state index contributed by atoms with van der Waals surface area (Å²) < 4.78 is 40.7. The first-order valence-electron chi connectivity index (χ1n) is 15.6. The molecule has 258 valence electrons. The van der Waals surface area contributed by atoms with Crippen LogP contribution >= 0.6 is 11.6 Å². The zero-order valence-electron chi connectivity index (χ0n) is 28.6. The molecule has 0 spiro atoms. The average molecular weight is 699 g/mol. The van der Waals surface area contributed by atoms with Gasteiger partial charge in [-0.2, -0.15) is 0 Å². The summed E-state index contributed by atoms with van der Waals surface area (Å²) >= 11 is 6.74. The Labute approximate surface area is 287 Å². The summed E-state index contributed by atoms with van der Waals surface area (Å²) in [6.07, 6.45) is 0.946. The molecule has 48 heavy (non-hydrogen) atoms. The van der Waals surface area contributed by atoms with Crippen LogP contribution in [0.25, 0.3) is 0 Å². The second-order valence-corrected chi connectivity index (χ2v) is 15.2. The summed E-state index contributed by atoms with van der Waals surface area (Å²) in [6, 6.07) is 13.4. The standard InChI is InChI=1S/C35H43ClN4O7S/c1-9-47-23-13-17-29-27(20-23)35(5,26-19-22(12-16-28(26)36)37-31(41)11-10-18-39(6)7)33(43)40(29)48(44,45)24-14-15-25(30(21-24)46-8)32(42)38-34(2,3)4/h12-17,19-21H,9-11,18H2,1-8H3,(H,37,41)(H,38,42). The molecule has 3 amide bonds. The van der Waals surface area contributed by atoms with Crippen molar-refractivity contribution >= 4 is 50.7 Å². The number of carbonyl (C=O) groups excluding carboxylic acids is 3. The third-order valence-electron chi connectivity index (χ3n) is 7.89. The van der Waals surface area contributed by atoms with Crippen molar-refractivity contribution in [2.24, 2.45) is 0 Å². The Balaban J connectivity index is 1.81. The van der Waals surface area contributed by atoms with Crippen LogP contribution in [0.2, 0.25) is 5.02 Å². The second-order valence-electron chi connectivity index (χ2n) is 13.0. The molecule has 1 atom stereocenters. The molecule has 3 aromatic carbocycles. The molecule has 1 unspecified atom stereocenters. The monoisotopic (exact) mass is 698 g/mol. The molecule has 1 aliphatic heterocycles. The number of ether oxygens (including phenoxy) is 2. The number of amides is 3. The van der Waals surface area contributed by atoms with Crippen LogP contribution in [0, 0.1) is 0 Å². The molecule has 4 rings (SSSR count). The zero-order valence-corrected chi connectivity index (χ0v) is 30.1. The molecule has 3 aromatic rings. The van der Waals surface area contributed by atoms with Gasteiger partial charge in [0.1, 0.15) is 16.9 Å². The molecule has 0 saturated carbocycles. The Morgan fingerprint density at radius 1 is 1.02 bits per heavy atom. The molecule has 0 radical (unpaired) electrons. The van der Waals surface area contributed by atoms with Gasteiger partial charge in [0.25, 0.3) is 21.8 Å². The Morgan fingerprint density at radius 3 is 2.35 bits per heavy atom. The lowest BCUT2D eigenvalue weighted by Gasteiger charge is -2.27. The van der Waals surface area contributed by atoms with Crippen molar-refractivity contribution in [3.05, 3.63) is 76.3 Å². The van der Waals surface area contributed by atoms with E-state index in [0.717, 1.165) is 10.8 Å². The Hall–Kier alpha value is -4.13. The van der Waals surface area contributed by atoms with Gasteiger partial charge in [0.2, 0.25) is 5.91 Å². The van der Waals surface area contributed by atoms with Crippen LogP contribution in [-0.4, -0.2) is 70.9 Å². The summed E-state index contributed by atoms with van der Waals surface area (Å²) in [5.74, 6) is -0.967. The first-order valence-corrected chi connectivity index (χ1v) is 17.4. The molecule has 1 aliphatic rings.